The highest BCUT2D eigenvalue weighted by atomic mass is 127. The number of anilines is 1. The van der Waals surface area contributed by atoms with Crippen molar-refractivity contribution in [2.24, 2.45) is 0 Å². The summed E-state index contributed by atoms with van der Waals surface area (Å²) in [6.45, 7) is 2.08. The van der Waals surface area contributed by atoms with Crippen molar-refractivity contribution in [3.05, 3.63) is 75.4 Å². The molecule has 4 rings (SSSR count). The van der Waals surface area contributed by atoms with E-state index in [-0.39, 0.29) is 11.7 Å². The molecule has 6 heteroatoms. The van der Waals surface area contributed by atoms with Crippen LogP contribution in [-0.4, -0.2) is 16.0 Å². The minimum absolute atomic E-state index is 0.0366. The molecule has 0 fully saturated rings. The summed E-state index contributed by atoms with van der Waals surface area (Å²) in [6, 6.07) is 18.0. The SMILES string of the molecule is CCc1ccc2oc(-c3cc(NC(=O)c4cccc(I)c4)ccc3O)nc2c1. The number of carbonyl (C=O) groups is 1. The highest BCUT2D eigenvalue weighted by molar-refractivity contribution is 14.1. The van der Waals surface area contributed by atoms with E-state index in [9.17, 15) is 9.90 Å². The molecule has 0 radical (unpaired) electrons. The lowest BCUT2D eigenvalue weighted by molar-refractivity contribution is 0.102. The number of oxazole rings is 1. The summed E-state index contributed by atoms with van der Waals surface area (Å²) in [6.07, 6.45) is 0.906. The van der Waals surface area contributed by atoms with Crippen LogP contribution in [0.4, 0.5) is 5.69 Å². The molecule has 140 valence electrons. The maximum atomic E-state index is 12.5. The second kappa shape index (κ2) is 7.63. The molecule has 4 aromatic rings. The van der Waals surface area contributed by atoms with E-state index in [0.717, 1.165) is 21.1 Å². The summed E-state index contributed by atoms with van der Waals surface area (Å²) < 4.78 is 6.79. The topological polar surface area (TPSA) is 75.4 Å². The van der Waals surface area contributed by atoms with Gasteiger partial charge in [0, 0.05) is 14.8 Å². The first kappa shape index (κ1) is 18.5. The average Bonchev–Trinajstić information content (AvgIpc) is 3.12. The van der Waals surface area contributed by atoms with Gasteiger partial charge in [0.2, 0.25) is 5.89 Å². The number of phenolic OH excluding ortho intramolecular Hbond substituents is 1. The van der Waals surface area contributed by atoms with Crippen LogP contribution in [0, 0.1) is 3.57 Å². The number of halogens is 1. The summed E-state index contributed by atoms with van der Waals surface area (Å²) in [5.41, 5.74) is 4.09. The Morgan fingerprint density at radius 3 is 2.79 bits per heavy atom. The van der Waals surface area contributed by atoms with E-state index < -0.39 is 0 Å². The van der Waals surface area contributed by atoms with Crippen LogP contribution in [0.25, 0.3) is 22.6 Å². The molecule has 0 aliphatic carbocycles. The molecule has 0 unspecified atom stereocenters. The Labute approximate surface area is 175 Å². The Hall–Kier alpha value is -2.87. The van der Waals surface area contributed by atoms with Gasteiger partial charge in [0.1, 0.15) is 11.3 Å². The molecule has 0 saturated heterocycles. The van der Waals surface area contributed by atoms with Crippen LogP contribution >= 0.6 is 22.6 Å². The second-order valence-corrected chi connectivity index (χ2v) is 7.62. The molecule has 1 amide bonds. The van der Waals surface area contributed by atoms with Crippen molar-refractivity contribution in [3.63, 3.8) is 0 Å². The third kappa shape index (κ3) is 3.73. The number of rotatable bonds is 4. The summed E-state index contributed by atoms with van der Waals surface area (Å²) in [5.74, 6) is 0.126. The lowest BCUT2D eigenvalue weighted by Gasteiger charge is -2.08. The number of benzene rings is 3. The Kier molecular flexibility index (Phi) is 5.04. The molecule has 0 spiro atoms. The van der Waals surface area contributed by atoms with Crippen molar-refractivity contribution >= 4 is 45.3 Å². The Morgan fingerprint density at radius 1 is 1.14 bits per heavy atom. The summed E-state index contributed by atoms with van der Waals surface area (Å²) in [4.78, 5) is 17.0. The first-order valence-electron chi connectivity index (χ1n) is 8.83. The van der Waals surface area contributed by atoms with Crippen molar-refractivity contribution in [2.45, 2.75) is 13.3 Å². The summed E-state index contributed by atoms with van der Waals surface area (Å²) in [7, 11) is 0. The van der Waals surface area contributed by atoms with Gasteiger partial charge in [0.05, 0.1) is 5.56 Å². The zero-order chi connectivity index (χ0) is 19.7. The van der Waals surface area contributed by atoms with Crippen molar-refractivity contribution in [2.75, 3.05) is 5.32 Å². The maximum absolute atomic E-state index is 12.5. The van der Waals surface area contributed by atoms with Gasteiger partial charge in [0.25, 0.3) is 5.91 Å². The average molecular weight is 484 g/mol. The standard InChI is InChI=1S/C22H17IN2O3/c1-2-13-6-9-20-18(10-13)25-22(28-20)17-12-16(7-8-19(17)26)24-21(27)14-4-3-5-15(23)11-14/h3-12,26H,2H2,1H3,(H,24,27). The number of aromatic hydroxyl groups is 1. The highest BCUT2D eigenvalue weighted by Crippen LogP contribution is 2.33. The first-order valence-corrected chi connectivity index (χ1v) is 9.91. The van der Waals surface area contributed by atoms with E-state index in [1.807, 2.05) is 36.4 Å². The number of phenols is 1. The Bertz CT molecular complexity index is 1180. The molecular weight excluding hydrogens is 467 g/mol. The van der Waals surface area contributed by atoms with Crippen molar-refractivity contribution in [1.82, 2.24) is 4.98 Å². The normalized spacial score (nSPS) is 10.9. The number of amides is 1. The van der Waals surface area contributed by atoms with Crippen LogP contribution in [-0.2, 0) is 6.42 Å². The zero-order valence-electron chi connectivity index (χ0n) is 15.1. The van der Waals surface area contributed by atoms with Gasteiger partial charge in [0.15, 0.2) is 5.58 Å². The van der Waals surface area contributed by atoms with Gasteiger partial charge in [-0.1, -0.05) is 19.1 Å². The lowest BCUT2D eigenvalue weighted by atomic mass is 10.1. The number of nitrogens with zero attached hydrogens (tertiary/aromatic N) is 1. The third-order valence-electron chi connectivity index (χ3n) is 4.43. The second-order valence-electron chi connectivity index (χ2n) is 6.37. The molecule has 0 aliphatic rings. The van der Waals surface area contributed by atoms with Crippen LogP contribution in [0.15, 0.2) is 65.1 Å². The van der Waals surface area contributed by atoms with Crippen molar-refractivity contribution in [3.8, 4) is 17.2 Å². The predicted molar refractivity (Wildman–Crippen MR) is 118 cm³/mol. The minimum Gasteiger partial charge on any atom is -0.507 e. The number of aryl methyl sites for hydroxylation is 1. The molecule has 0 atom stereocenters. The molecule has 0 bridgehead atoms. The fraction of sp³-hybridized carbons (Fsp3) is 0.0909. The van der Waals surface area contributed by atoms with Crippen LogP contribution in [0.1, 0.15) is 22.8 Å². The van der Waals surface area contributed by atoms with Crippen molar-refractivity contribution in [1.29, 1.82) is 0 Å². The number of carbonyl (C=O) groups excluding carboxylic acids is 1. The minimum atomic E-state index is -0.222. The quantitative estimate of drug-likeness (QED) is 0.291. The molecule has 28 heavy (non-hydrogen) atoms. The van der Waals surface area contributed by atoms with E-state index in [1.54, 1.807) is 18.2 Å². The number of hydrogen-bond donors (Lipinski definition) is 2. The maximum Gasteiger partial charge on any atom is 0.255 e. The fourth-order valence-corrected chi connectivity index (χ4v) is 3.47. The van der Waals surface area contributed by atoms with Crippen LogP contribution in [0.3, 0.4) is 0 Å². The monoisotopic (exact) mass is 484 g/mol. The van der Waals surface area contributed by atoms with Gasteiger partial charge in [-0.2, -0.15) is 0 Å². The van der Waals surface area contributed by atoms with Crippen molar-refractivity contribution < 1.29 is 14.3 Å². The molecule has 0 aliphatic heterocycles. The van der Waals surface area contributed by atoms with Gasteiger partial charge in [-0.05, 0) is 83.1 Å². The molecule has 0 saturated carbocycles. The number of hydrogen-bond acceptors (Lipinski definition) is 4. The van der Waals surface area contributed by atoms with E-state index in [0.29, 0.717) is 28.3 Å². The molecule has 5 nitrogen and oxygen atoms in total. The summed E-state index contributed by atoms with van der Waals surface area (Å²) >= 11 is 2.16. The van der Waals surface area contributed by atoms with E-state index in [2.05, 4.69) is 39.8 Å². The van der Waals surface area contributed by atoms with Crippen LogP contribution in [0.2, 0.25) is 0 Å². The molecular formula is C22H17IN2O3. The number of aromatic nitrogens is 1. The molecule has 1 heterocycles. The molecule has 2 N–H and O–H groups in total. The van der Waals surface area contributed by atoms with Gasteiger partial charge < -0.3 is 14.8 Å². The van der Waals surface area contributed by atoms with E-state index in [1.165, 1.54) is 6.07 Å². The third-order valence-corrected chi connectivity index (χ3v) is 5.10. The van der Waals surface area contributed by atoms with Crippen LogP contribution in [0.5, 0.6) is 5.75 Å². The first-order chi connectivity index (χ1) is 13.5. The van der Waals surface area contributed by atoms with E-state index >= 15 is 0 Å². The fourth-order valence-electron chi connectivity index (χ4n) is 2.93. The molecule has 3 aromatic carbocycles. The van der Waals surface area contributed by atoms with E-state index in [4.69, 9.17) is 4.42 Å². The van der Waals surface area contributed by atoms with Gasteiger partial charge in [-0.25, -0.2) is 4.98 Å². The highest BCUT2D eigenvalue weighted by Gasteiger charge is 2.15. The van der Waals surface area contributed by atoms with Gasteiger partial charge in [-0.15, -0.1) is 0 Å². The molecule has 1 aromatic heterocycles. The summed E-state index contributed by atoms with van der Waals surface area (Å²) in [5, 5.41) is 13.1. The Morgan fingerprint density at radius 2 is 2.00 bits per heavy atom. The lowest BCUT2D eigenvalue weighted by Crippen LogP contribution is -2.11. The number of nitrogens with one attached hydrogen (secondary N) is 1. The zero-order valence-corrected chi connectivity index (χ0v) is 17.2. The Balaban J connectivity index is 1.66. The van der Waals surface area contributed by atoms with Crippen LogP contribution < -0.4 is 5.32 Å². The number of fused-ring (bicyclic) bond motifs is 1. The predicted octanol–water partition coefficient (Wildman–Crippen LogP) is 5.62. The smallest absolute Gasteiger partial charge is 0.255 e. The van der Waals surface area contributed by atoms with Gasteiger partial charge >= 0.3 is 0 Å². The largest absolute Gasteiger partial charge is 0.507 e. The van der Waals surface area contributed by atoms with Gasteiger partial charge in [-0.3, -0.25) is 4.79 Å².